The summed E-state index contributed by atoms with van der Waals surface area (Å²) < 4.78 is 5.85. The maximum absolute atomic E-state index is 11.6. The lowest BCUT2D eigenvalue weighted by Crippen LogP contribution is -2.35. The Morgan fingerprint density at radius 2 is 1.81 bits per heavy atom. The molecule has 142 valence electrons. The fourth-order valence-electron chi connectivity index (χ4n) is 3.79. The summed E-state index contributed by atoms with van der Waals surface area (Å²) in [6.07, 6.45) is 5.84. The van der Waals surface area contributed by atoms with Crippen LogP contribution in [-0.2, 0) is 16.1 Å². The number of ether oxygens (including phenoxy) is 1. The fourth-order valence-corrected chi connectivity index (χ4v) is 4.05. The molecule has 3 nitrogen and oxygen atoms in total. The van der Waals surface area contributed by atoms with Crippen LogP contribution in [0.1, 0.15) is 29.9 Å². The Morgan fingerprint density at radius 3 is 2.44 bits per heavy atom. The van der Waals surface area contributed by atoms with Crippen LogP contribution in [0.3, 0.4) is 0 Å². The first-order chi connectivity index (χ1) is 13.2. The van der Waals surface area contributed by atoms with Crippen molar-refractivity contribution in [2.24, 2.45) is 5.92 Å². The summed E-state index contributed by atoms with van der Waals surface area (Å²) in [4.78, 5) is 14.1. The lowest BCUT2D eigenvalue weighted by atomic mass is 9.79. The molecule has 0 aliphatic carbocycles. The van der Waals surface area contributed by atoms with Crippen molar-refractivity contribution in [1.82, 2.24) is 4.90 Å². The number of benzene rings is 2. The zero-order valence-electron chi connectivity index (χ0n) is 15.7. The van der Waals surface area contributed by atoms with Gasteiger partial charge in [-0.25, -0.2) is 4.79 Å². The van der Waals surface area contributed by atoms with E-state index >= 15 is 0 Å². The molecule has 1 aliphatic rings. The van der Waals surface area contributed by atoms with E-state index in [1.807, 2.05) is 6.08 Å². The van der Waals surface area contributed by atoms with Gasteiger partial charge in [0.1, 0.15) is 0 Å². The van der Waals surface area contributed by atoms with E-state index in [1.165, 1.54) is 18.2 Å². The van der Waals surface area contributed by atoms with E-state index in [0.29, 0.717) is 5.92 Å². The molecule has 1 atom stereocenters. The largest absolute Gasteiger partial charge is 0.466 e. The number of halogens is 1. The Labute approximate surface area is 170 Å². The second-order valence-electron chi connectivity index (χ2n) is 7.06. The minimum atomic E-state index is -0.293. The Balaban J connectivity index is 1.67. The molecule has 1 heterocycles. The molecule has 1 aliphatic heterocycles. The number of likely N-dealkylation sites (tertiary alicyclic amines) is 1. The van der Waals surface area contributed by atoms with Gasteiger partial charge in [0.2, 0.25) is 0 Å². The average Bonchev–Trinajstić information content (AvgIpc) is 2.71. The number of carbonyl (C=O) groups excluding carboxylic acids is 1. The third-order valence-corrected chi connectivity index (χ3v) is 5.81. The van der Waals surface area contributed by atoms with Gasteiger partial charge in [0.15, 0.2) is 0 Å². The first-order valence-electron chi connectivity index (χ1n) is 9.43. The minimum absolute atomic E-state index is 0.232. The van der Waals surface area contributed by atoms with Crippen molar-refractivity contribution in [2.75, 3.05) is 20.2 Å². The van der Waals surface area contributed by atoms with E-state index in [1.54, 1.807) is 6.08 Å². The molecule has 0 radical (unpaired) electrons. The normalized spacial score (nSPS) is 17.1. The van der Waals surface area contributed by atoms with Crippen molar-refractivity contribution in [3.05, 3.63) is 82.3 Å². The number of rotatable bonds is 6. The van der Waals surface area contributed by atoms with Crippen LogP contribution in [0.4, 0.5) is 0 Å². The number of nitrogens with zero attached hydrogens (tertiary/aromatic N) is 1. The summed E-state index contributed by atoms with van der Waals surface area (Å²) in [5.41, 5.74) is 2.62. The third-order valence-electron chi connectivity index (χ3n) is 5.28. The van der Waals surface area contributed by atoms with Gasteiger partial charge in [0.05, 0.1) is 7.11 Å². The van der Waals surface area contributed by atoms with Crippen molar-refractivity contribution in [3.63, 3.8) is 0 Å². The van der Waals surface area contributed by atoms with Gasteiger partial charge in [-0.15, -0.1) is 0 Å². The maximum Gasteiger partial charge on any atom is 0.330 e. The Morgan fingerprint density at radius 1 is 1.15 bits per heavy atom. The monoisotopic (exact) mass is 427 g/mol. The molecular weight excluding hydrogens is 402 g/mol. The Kier molecular flexibility index (Phi) is 7.25. The fraction of sp³-hybridized carbons (Fsp3) is 0.348. The highest BCUT2D eigenvalue weighted by Crippen LogP contribution is 2.35. The zero-order chi connectivity index (χ0) is 19.1. The summed E-state index contributed by atoms with van der Waals surface area (Å²) in [6.45, 7) is 3.17. The second kappa shape index (κ2) is 9.86. The minimum Gasteiger partial charge on any atom is -0.466 e. The summed E-state index contributed by atoms with van der Waals surface area (Å²) in [6, 6.07) is 19.1. The van der Waals surface area contributed by atoms with Gasteiger partial charge >= 0.3 is 5.97 Å². The van der Waals surface area contributed by atoms with Crippen molar-refractivity contribution in [3.8, 4) is 0 Å². The first kappa shape index (κ1) is 19.8. The van der Waals surface area contributed by atoms with Crippen LogP contribution in [0.25, 0.3) is 0 Å². The van der Waals surface area contributed by atoms with Crippen LogP contribution < -0.4 is 0 Å². The summed E-state index contributed by atoms with van der Waals surface area (Å²) in [5, 5.41) is 0. The molecule has 0 bridgehead atoms. The van der Waals surface area contributed by atoms with E-state index in [2.05, 4.69) is 75.4 Å². The molecule has 1 saturated heterocycles. The van der Waals surface area contributed by atoms with Gasteiger partial charge in [-0.3, -0.25) is 4.90 Å². The number of esters is 1. The molecule has 0 aromatic heterocycles. The van der Waals surface area contributed by atoms with E-state index in [-0.39, 0.29) is 11.9 Å². The molecule has 3 rings (SSSR count). The van der Waals surface area contributed by atoms with Gasteiger partial charge in [0.25, 0.3) is 0 Å². The summed E-state index contributed by atoms with van der Waals surface area (Å²) in [7, 11) is 1.42. The zero-order valence-corrected chi connectivity index (χ0v) is 17.3. The molecule has 2 aromatic carbocycles. The maximum atomic E-state index is 11.6. The Bertz CT molecular complexity index is 750. The number of methoxy groups -OCH3 is 1. The molecule has 1 fully saturated rings. The van der Waals surface area contributed by atoms with Gasteiger partial charge in [0, 0.05) is 23.0 Å². The molecule has 27 heavy (non-hydrogen) atoms. The number of piperidine rings is 1. The number of allylic oxidation sites excluding steroid dienone is 1. The molecule has 0 amide bonds. The highest BCUT2D eigenvalue weighted by atomic mass is 79.9. The van der Waals surface area contributed by atoms with Crippen LogP contribution in [0.15, 0.2) is 71.2 Å². The lowest BCUT2D eigenvalue weighted by molar-refractivity contribution is -0.134. The summed E-state index contributed by atoms with van der Waals surface area (Å²) >= 11 is 3.50. The quantitative estimate of drug-likeness (QED) is 0.470. The van der Waals surface area contributed by atoms with E-state index in [9.17, 15) is 4.79 Å². The molecule has 4 heteroatoms. The van der Waals surface area contributed by atoms with E-state index < -0.39 is 0 Å². The van der Waals surface area contributed by atoms with Crippen molar-refractivity contribution in [1.29, 1.82) is 0 Å². The van der Waals surface area contributed by atoms with E-state index in [4.69, 9.17) is 4.74 Å². The standard InChI is InChI=1S/C23H26BrNO2/c1-27-23(26)12-11-22(19-7-9-21(24)10-8-19)20-13-15-25(16-14-20)17-18-5-3-2-4-6-18/h2-12,20,22H,13-17H2,1H3/b12-11+. The molecule has 1 unspecified atom stereocenters. The van der Waals surface area contributed by atoms with Crippen LogP contribution in [0.5, 0.6) is 0 Å². The summed E-state index contributed by atoms with van der Waals surface area (Å²) in [5.74, 6) is 0.466. The SMILES string of the molecule is COC(=O)/C=C/C(c1ccc(Br)cc1)C1CCN(Cc2ccccc2)CC1. The average molecular weight is 428 g/mol. The number of carbonyl (C=O) groups is 1. The molecule has 0 N–H and O–H groups in total. The highest BCUT2D eigenvalue weighted by molar-refractivity contribution is 9.10. The molecule has 2 aromatic rings. The van der Waals surface area contributed by atoms with Crippen LogP contribution in [-0.4, -0.2) is 31.1 Å². The van der Waals surface area contributed by atoms with Crippen LogP contribution in [0.2, 0.25) is 0 Å². The highest BCUT2D eigenvalue weighted by Gasteiger charge is 2.26. The van der Waals surface area contributed by atoms with Gasteiger partial charge in [-0.1, -0.05) is 64.5 Å². The topological polar surface area (TPSA) is 29.5 Å². The van der Waals surface area contributed by atoms with Crippen LogP contribution >= 0.6 is 15.9 Å². The second-order valence-corrected chi connectivity index (χ2v) is 7.97. The molecular formula is C23H26BrNO2. The van der Waals surface area contributed by atoms with Crippen molar-refractivity contribution >= 4 is 21.9 Å². The van der Waals surface area contributed by atoms with Crippen molar-refractivity contribution in [2.45, 2.75) is 25.3 Å². The van der Waals surface area contributed by atoms with E-state index in [0.717, 1.165) is 36.9 Å². The number of hydrogen-bond acceptors (Lipinski definition) is 3. The predicted octanol–water partition coefficient (Wildman–Crippen LogP) is 5.17. The van der Waals surface area contributed by atoms with Gasteiger partial charge in [-0.05, 0) is 55.1 Å². The van der Waals surface area contributed by atoms with Crippen LogP contribution in [0, 0.1) is 5.92 Å². The van der Waals surface area contributed by atoms with Gasteiger partial charge in [-0.2, -0.15) is 0 Å². The Hall–Kier alpha value is -1.91. The predicted molar refractivity (Wildman–Crippen MR) is 112 cm³/mol. The van der Waals surface area contributed by atoms with Crippen molar-refractivity contribution < 1.29 is 9.53 Å². The third kappa shape index (κ3) is 5.78. The molecule has 0 spiro atoms. The lowest BCUT2D eigenvalue weighted by Gasteiger charge is -2.35. The number of hydrogen-bond donors (Lipinski definition) is 0. The first-order valence-corrected chi connectivity index (χ1v) is 10.2. The molecule has 0 saturated carbocycles. The smallest absolute Gasteiger partial charge is 0.330 e. The van der Waals surface area contributed by atoms with Gasteiger partial charge < -0.3 is 4.74 Å².